The third kappa shape index (κ3) is 5.54. The van der Waals surface area contributed by atoms with E-state index in [9.17, 15) is 0 Å². The van der Waals surface area contributed by atoms with E-state index in [1.54, 1.807) is 0 Å². The Morgan fingerprint density at radius 1 is 0.283 bits per heavy atom. The lowest BCUT2D eigenvalue weighted by atomic mass is 9.93. The molecule has 0 atom stereocenters. The molecule has 10 aromatic rings. The minimum absolute atomic E-state index is 0.561. The maximum Gasteiger partial charge on any atom is 0.167 e. The quantitative estimate of drug-likeness (QED) is 0.176. The van der Waals surface area contributed by atoms with Crippen LogP contribution in [0.1, 0.15) is 0 Å². The van der Waals surface area contributed by atoms with Crippen molar-refractivity contribution in [1.29, 1.82) is 0 Å². The van der Waals surface area contributed by atoms with Crippen LogP contribution in [-0.4, -0.2) is 15.0 Å². The maximum atomic E-state index is 6.47. The highest BCUT2D eigenvalue weighted by molar-refractivity contribution is 6.09. The highest BCUT2D eigenvalue weighted by Crippen LogP contribution is 2.39. The van der Waals surface area contributed by atoms with E-state index in [0.29, 0.717) is 17.5 Å². The van der Waals surface area contributed by atoms with Gasteiger partial charge in [0.2, 0.25) is 0 Å². The first-order valence-corrected chi connectivity index (χ1v) is 17.8. The van der Waals surface area contributed by atoms with Gasteiger partial charge in [-0.2, -0.15) is 0 Å². The van der Waals surface area contributed by atoms with Crippen LogP contribution < -0.4 is 0 Å². The Morgan fingerprint density at radius 3 is 1.53 bits per heavy atom. The van der Waals surface area contributed by atoms with E-state index in [1.807, 2.05) is 36.4 Å². The first-order valence-electron chi connectivity index (χ1n) is 17.8. The molecule has 4 heteroatoms. The Morgan fingerprint density at radius 2 is 0.774 bits per heavy atom. The molecule has 0 aliphatic rings. The Balaban J connectivity index is 1.16. The standard InChI is InChI=1S/C49H31N3O/c1-3-13-32(14-4-1)34-25-27-35(28-26-34)47-50-48(52-49(51-47)44-23-12-22-42-41-21-9-10-24-45(41)53-46(42)44)43-30-29-38(39-19-7-8-20-40(39)43)37-18-11-17-36(31-37)33-15-5-2-6-16-33/h1-31H. The Kier molecular flexibility index (Phi) is 7.43. The fourth-order valence-electron chi connectivity index (χ4n) is 7.35. The van der Waals surface area contributed by atoms with Crippen molar-refractivity contribution in [2.24, 2.45) is 0 Å². The summed E-state index contributed by atoms with van der Waals surface area (Å²) in [7, 11) is 0. The van der Waals surface area contributed by atoms with Gasteiger partial charge in [-0.1, -0.05) is 164 Å². The zero-order valence-corrected chi connectivity index (χ0v) is 28.6. The summed E-state index contributed by atoms with van der Waals surface area (Å²) in [6, 6.07) is 65.2. The number of rotatable bonds is 6. The van der Waals surface area contributed by atoms with E-state index in [2.05, 4.69) is 152 Å². The van der Waals surface area contributed by atoms with Gasteiger partial charge >= 0.3 is 0 Å². The summed E-state index contributed by atoms with van der Waals surface area (Å²) in [5, 5.41) is 4.29. The van der Waals surface area contributed by atoms with Gasteiger partial charge in [-0.15, -0.1) is 0 Å². The maximum absolute atomic E-state index is 6.47. The van der Waals surface area contributed by atoms with Gasteiger partial charge in [0.05, 0.1) is 5.56 Å². The first kappa shape index (κ1) is 30.6. The van der Waals surface area contributed by atoms with Crippen molar-refractivity contribution in [3.05, 3.63) is 188 Å². The van der Waals surface area contributed by atoms with Gasteiger partial charge < -0.3 is 4.42 Å². The minimum Gasteiger partial charge on any atom is -0.455 e. The van der Waals surface area contributed by atoms with E-state index < -0.39 is 0 Å². The second kappa shape index (κ2) is 12.9. The smallest absolute Gasteiger partial charge is 0.167 e. The van der Waals surface area contributed by atoms with Gasteiger partial charge in [0, 0.05) is 21.9 Å². The van der Waals surface area contributed by atoms with Gasteiger partial charge in [-0.3, -0.25) is 0 Å². The van der Waals surface area contributed by atoms with Crippen LogP contribution in [0.2, 0.25) is 0 Å². The van der Waals surface area contributed by atoms with Crippen LogP contribution in [0.3, 0.4) is 0 Å². The van der Waals surface area contributed by atoms with Crippen LogP contribution >= 0.6 is 0 Å². The van der Waals surface area contributed by atoms with E-state index in [4.69, 9.17) is 19.4 Å². The molecule has 0 amide bonds. The molecule has 0 fully saturated rings. The molecule has 0 unspecified atom stereocenters. The molecule has 4 nitrogen and oxygen atoms in total. The average Bonchev–Trinajstić information content (AvgIpc) is 3.63. The lowest BCUT2D eigenvalue weighted by molar-refractivity contribution is 0.669. The van der Waals surface area contributed by atoms with Gasteiger partial charge in [-0.25, -0.2) is 15.0 Å². The third-order valence-corrected chi connectivity index (χ3v) is 9.98. The summed E-state index contributed by atoms with van der Waals surface area (Å²) in [6.07, 6.45) is 0. The van der Waals surface area contributed by atoms with Gasteiger partial charge in [0.1, 0.15) is 11.2 Å². The summed E-state index contributed by atoms with van der Waals surface area (Å²) >= 11 is 0. The lowest BCUT2D eigenvalue weighted by Crippen LogP contribution is -2.01. The van der Waals surface area contributed by atoms with Crippen LogP contribution in [0, 0.1) is 0 Å². The van der Waals surface area contributed by atoms with Crippen molar-refractivity contribution in [2.75, 3.05) is 0 Å². The monoisotopic (exact) mass is 677 g/mol. The second-order valence-electron chi connectivity index (χ2n) is 13.2. The lowest BCUT2D eigenvalue weighted by Gasteiger charge is -2.14. The molecule has 53 heavy (non-hydrogen) atoms. The molecule has 8 aromatic carbocycles. The van der Waals surface area contributed by atoms with Gasteiger partial charge in [-0.05, 0) is 68.4 Å². The van der Waals surface area contributed by atoms with E-state index in [0.717, 1.165) is 71.7 Å². The predicted octanol–water partition coefficient (Wildman–Crippen LogP) is 12.9. The largest absolute Gasteiger partial charge is 0.455 e. The molecular formula is C49H31N3O. The summed E-state index contributed by atoms with van der Waals surface area (Å²) < 4.78 is 6.47. The molecule has 10 rings (SSSR count). The number of aromatic nitrogens is 3. The van der Waals surface area contributed by atoms with Crippen molar-refractivity contribution in [3.8, 4) is 67.5 Å². The molecule has 2 heterocycles. The van der Waals surface area contributed by atoms with Crippen molar-refractivity contribution in [2.45, 2.75) is 0 Å². The zero-order chi connectivity index (χ0) is 35.1. The van der Waals surface area contributed by atoms with Gasteiger partial charge in [0.25, 0.3) is 0 Å². The summed E-state index contributed by atoms with van der Waals surface area (Å²) in [5.74, 6) is 1.76. The van der Waals surface area contributed by atoms with Crippen molar-refractivity contribution in [3.63, 3.8) is 0 Å². The molecule has 0 spiro atoms. The molecule has 0 radical (unpaired) electrons. The molecule has 2 aromatic heterocycles. The predicted molar refractivity (Wildman–Crippen MR) is 217 cm³/mol. The SMILES string of the molecule is c1ccc(-c2ccc(-c3nc(-c4ccc(-c5cccc(-c6ccccc6)c5)c5ccccc45)nc(-c4cccc5c4oc4ccccc45)n3)cc2)cc1. The molecular weight excluding hydrogens is 647 g/mol. The Bertz CT molecular complexity index is 2930. The van der Waals surface area contributed by atoms with E-state index in [1.165, 1.54) is 11.1 Å². The number of hydrogen-bond donors (Lipinski definition) is 0. The molecule has 0 N–H and O–H groups in total. The number of nitrogens with zero attached hydrogens (tertiary/aromatic N) is 3. The van der Waals surface area contributed by atoms with Crippen LogP contribution in [-0.2, 0) is 0 Å². The van der Waals surface area contributed by atoms with E-state index >= 15 is 0 Å². The number of benzene rings is 8. The molecule has 0 bridgehead atoms. The highest BCUT2D eigenvalue weighted by atomic mass is 16.3. The summed E-state index contributed by atoms with van der Waals surface area (Å²) in [6.45, 7) is 0. The van der Waals surface area contributed by atoms with Crippen LogP contribution in [0.25, 0.3) is 100 Å². The molecule has 0 saturated heterocycles. The fourth-order valence-corrected chi connectivity index (χ4v) is 7.35. The van der Waals surface area contributed by atoms with E-state index in [-0.39, 0.29) is 0 Å². The number of furan rings is 1. The number of hydrogen-bond acceptors (Lipinski definition) is 4. The topological polar surface area (TPSA) is 51.8 Å². The first-order chi connectivity index (χ1) is 26.3. The molecule has 0 saturated carbocycles. The van der Waals surface area contributed by atoms with Crippen molar-refractivity contribution >= 4 is 32.7 Å². The van der Waals surface area contributed by atoms with Crippen LogP contribution in [0.5, 0.6) is 0 Å². The van der Waals surface area contributed by atoms with Crippen LogP contribution in [0.15, 0.2) is 192 Å². The zero-order valence-electron chi connectivity index (χ0n) is 28.6. The molecule has 248 valence electrons. The van der Waals surface area contributed by atoms with Crippen LogP contribution in [0.4, 0.5) is 0 Å². The summed E-state index contributed by atoms with van der Waals surface area (Å²) in [5.41, 5.74) is 11.2. The van der Waals surface area contributed by atoms with Crippen molar-refractivity contribution < 1.29 is 4.42 Å². The van der Waals surface area contributed by atoms with Crippen molar-refractivity contribution in [1.82, 2.24) is 15.0 Å². The Hall–Kier alpha value is -7.17. The highest BCUT2D eigenvalue weighted by Gasteiger charge is 2.19. The number of para-hydroxylation sites is 2. The fraction of sp³-hybridized carbons (Fsp3) is 0. The normalized spacial score (nSPS) is 11.4. The second-order valence-corrected chi connectivity index (χ2v) is 13.2. The summed E-state index contributed by atoms with van der Waals surface area (Å²) in [4.78, 5) is 15.5. The minimum atomic E-state index is 0.561. The van der Waals surface area contributed by atoms with Gasteiger partial charge in [0.15, 0.2) is 17.5 Å². The number of fused-ring (bicyclic) bond motifs is 4. The average molecular weight is 678 g/mol. The Labute approximate surface area is 306 Å². The third-order valence-electron chi connectivity index (χ3n) is 9.98. The molecule has 0 aliphatic heterocycles. The molecule has 0 aliphatic carbocycles.